The van der Waals surface area contributed by atoms with Gasteiger partial charge in [0.2, 0.25) is 0 Å². The molecule has 0 radical (unpaired) electrons. The molecule has 0 spiro atoms. The van der Waals surface area contributed by atoms with Crippen LogP contribution in [0.3, 0.4) is 0 Å². The molecule has 1 aromatic carbocycles. The summed E-state index contributed by atoms with van der Waals surface area (Å²) >= 11 is 5.59. The van der Waals surface area contributed by atoms with E-state index in [0.717, 1.165) is 49.4 Å². The Balaban J connectivity index is 2.46. The van der Waals surface area contributed by atoms with Crippen LogP contribution < -0.4 is 4.74 Å². The lowest BCUT2D eigenvalue weighted by Crippen LogP contribution is -2.00. The quantitative estimate of drug-likeness (QED) is 0.430. The van der Waals surface area contributed by atoms with Crippen LogP contribution in [-0.4, -0.2) is 26.2 Å². The lowest BCUT2D eigenvalue weighted by atomic mass is 10.1. The van der Waals surface area contributed by atoms with Crippen molar-refractivity contribution in [2.75, 3.05) is 26.2 Å². The van der Waals surface area contributed by atoms with E-state index in [-0.39, 0.29) is 0 Å². The molecule has 0 aliphatic carbocycles. The Kier molecular flexibility index (Phi) is 8.13. The topological polar surface area (TPSA) is 18.5 Å². The molecule has 19 heavy (non-hydrogen) atoms. The highest BCUT2D eigenvalue weighted by Crippen LogP contribution is 2.17. The summed E-state index contributed by atoms with van der Waals surface area (Å²) in [5.41, 5.74) is 2.17. The molecule has 0 bridgehead atoms. The maximum Gasteiger partial charge on any atom is 0.119 e. The van der Waals surface area contributed by atoms with Gasteiger partial charge < -0.3 is 9.47 Å². The fourth-order valence-electron chi connectivity index (χ4n) is 1.61. The minimum absolute atomic E-state index is 0.578. The van der Waals surface area contributed by atoms with Crippen LogP contribution in [0, 0.1) is 18.8 Å². The Morgan fingerprint density at radius 2 is 2.00 bits per heavy atom. The van der Waals surface area contributed by atoms with E-state index in [0.29, 0.717) is 5.88 Å². The lowest BCUT2D eigenvalue weighted by Gasteiger charge is -2.07. The second kappa shape index (κ2) is 9.72. The van der Waals surface area contributed by atoms with E-state index < -0.39 is 0 Å². The van der Waals surface area contributed by atoms with Gasteiger partial charge in [0.25, 0.3) is 0 Å². The molecule has 0 saturated carbocycles. The van der Waals surface area contributed by atoms with Crippen molar-refractivity contribution >= 4 is 11.6 Å². The number of ether oxygens (including phenoxy) is 2. The third-order valence-electron chi connectivity index (χ3n) is 2.65. The summed E-state index contributed by atoms with van der Waals surface area (Å²) in [6.07, 6.45) is 2.75. The Bertz CT molecular complexity index is 432. The maximum absolute atomic E-state index is 5.69. The van der Waals surface area contributed by atoms with Gasteiger partial charge in [0.05, 0.1) is 6.61 Å². The Morgan fingerprint density at radius 1 is 1.21 bits per heavy atom. The van der Waals surface area contributed by atoms with Gasteiger partial charge in [-0.2, -0.15) is 0 Å². The van der Waals surface area contributed by atoms with Gasteiger partial charge in [0.15, 0.2) is 0 Å². The van der Waals surface area contributed by atoms with Gasteiger partial charge >= 0.3 is 0 Å². The van der Waals surface area contributed by atoms with Crippen LogP contribution >= 0.6 is 11.6 Å². The number of hydrogen-bond donors (Lipinski definition) is 0. The summed E-state index contributed by atoms with van der Waals surface area (Å²) < 4.78 is 10.7. The van der Waals surface area contributed by atoms with Crippen molar-refractivity contribution in [3.05, 3.63) is 29.3 Å². The standard InChI is InChI=1S/C16H21ClO2/c1-14-13-16(19-12-6-5-11-18-2)9-8-15(14)7-3-4-10-17/h8-9,13H,4-6,10-12H2,1-2H3. The maximum atomic E-state index is 5.69. The predicted octanol–water partition coefficient (Wildman–Crippen LogP) is 3.78. The molecule has 0 aliphatic rings. The van der Waals surface area contributed by atoms with Crippen LogP contribution in [0.25, 0.3) is 0 Å². The molecule has 0 saturated heterocycles. The summed E-state index contributed by atoms with van der Waals surface area (Å²) in [6, 6.07) is 6.00. The van der Waals surface area contributed by atoms with Crippen LogP contribution in [-0.2, 0) is 4.74 Å². The zero-order valence-corrected chi connectivity index (χ0v) is 12.4. The van der Waals surface area contributed by atoms with E-state index in [1.54, 1.807) is 7.11 Å². The first-order valence-corrected chi connectivity index (χ1v) is 7.08. The number of hydrogen-bond acceptors (Lipinski definition) is 2. The van der Waals surface area contributed by atoms with Crippen molar-refractivity contribution in [1.82, 2.24) is 0 Å². The largest absolute Gasteiger partial charge is 0.494 e. The first kappa shape index (κ1) is 15.9. The van der Waals surface area contributed by atoms with Gasteiger partial charge in [-0.05, 0) is 43.5 Å². The Labute approximate surface area is 121 Å². The molecular weight excluding hydrogens is 260 g/mol. The first-order valence-electron chi connectivity index (χ1n) is 6.55. The zero-order chi connectivity index (χ0) is 13.9. The molecule has 0 heterocycles. The molecule has 0 fully saturated rings. The van der Waals surface area contributed by atoms with Gasteiger partial charge in [-0.3, -0.25) is 0 Å². The summed E-state index contributed by atoms with van der Waals surface area (Å²) in [5, 5.41) is 0. The normalized spacial score (nSPS) is 9.84. The smallest absolute Gasteiger partial charge is 0.119 e. The van der Waals surface area contributed by atoms with Crippen molar-refractivity contribution in [2.24, 2.45) is 0 Å². The van der Waals surface area contributed by atoms with Gasteiger partial charge in [-0.25, -0.2) is 0 Å². The van der Waals surface area contributed by atoms with Gasteiger partial charge in [-0.15, -0.1) is 11.6 Å². The van der Waals surface area contributed by atoms with Crippen LogP contribution in [0.4, 0.5) is 0 Å². The molecule has 104 valence electrons. The van der Waals surface area contributed by atoms with E-state index in [1.807, 2.05) is 25.1 Å². The Hall–Kier alpha value is -1.17. The van der Waals surface area contributed by atoms with Crippen LogP contribution in [0.2, 0.25) is 0 Å². The monoisotopic (exact) mass is 280 g/mol. The van der Waals surface area contributed by atoms with E-state index in [9.17, 15) is 0 Å². The average molecular weight is 281 g/mol. The Morgan fingerprint density at radius 3 is 2.68 bits per heavy atom. The van der Waals surface area contributed by atoms with E-state index in [2.05, 4.69) is 11.8 Å². The molecule has 0 atom stereocenters. The van der Waals surface area contributed by atoms with Crippen molar-refractivity contribution in [3.63, 3.8) is 0 Å². The van der Waals surface area contributed by atoms with Crippen molar-refractivity contribution in [3.8, 4) is 17.6 Å². The molecule has 1 rings (SSSR count). The second-order valence-electron chi connectivity index (χ2n) is 4.27. The molecular formula is C16H21ClO2. The van der Waals surface area contributed by atoms with E-state index in [4.69, 9.17) is 21.1 Å². The molecule has 2 nitrogen and oxygen atoms in total. The second-order valence-corrected chi connectivity index (χ2v) is 4.64. The number of alkyl halides is 1. The lowest BCUT2D eigenvalue weighted by molar-refractivity contribution is 0.184. The van der Waals surface area contributed by atoms with Crippen LogP contribution in [0.1, 0.15) is 30.4 Å². The summed E-state index contributed by atoms with van der Waals surface area (Å²) in [4.78, 5) is 0. The van der Waals surface area contributed by atoms with Crippen LogP contribution in [0.5, 0.6) is 5.75 Å². The highest BCUT2D eigenvalue weighted by atomic mass is 35.5. The van der Waals surface area contributed by atoms with E-state index >= 15 is 0 Å². The fourth-order valence-corrected chi connectivity index (χ4v) is 1.70. The molecule has 0 aromatic heterocycles. The molecule has 3 heteroatoms. The number of benzene rings is 1. The number of rotatable bonds is 7. The van der Waals surface area contributed by atoms with Crippen molar-refractivity contribution in [2.45, 2.75) is 26.2 Å². The fraction of sp³-hybridized carbons (Fsp3) is 0.500. The van der Waals surface area contributed by atoms with Gasteiger partial charge in [-0.1, -0.05) is 11.8 Å². The number of unbranched alkanes of at least 4 members (excludes halogenated alkanes) is 1. The van der Waals surface area contributed by atoms with Gasteiger partial charge in [0, 0.05) is 31.6 Å². The first-order chi connectivity index (χ1) is 9.27. The van der Waals surface area contributed by atoms with E-state index in [1.165, 1.54) is 0 Å². The zero-order valence-electron chi connectivity index (χ0n) is 11.7. The predicted molar refractivity (Wildman–Crippen MR) is 80.0 cm³/mol. The highest BCUT2D eigenvalue weighted by molar-refractivity contribution is 6.18. The molecule has 0 N–H and O–H groups in total. The highest BCUT2D eigenvalue weighted by Gasteiger charge is 1.99. The molecule has 0 amide bonds. The van der Waals surface area contributed by atoms with Crippen molar-refractivity contribution < 1.29 is 9.47 Å². The SMILES string of the molecule is COCCCCOc1ccc(C#CCCCl)c(C)c1. The third-order valence-corrected chi connectivity index (χ3v) is 2.84. The molecule has 0 aliphatic heterocycles. The number of aryl methyl sites for hydroxylation is 1. The average Bonchev–Trinajstić information content (AvgIpc) is 2.41. The molecule has 0 unspecified atom stereocenters. The minimum Gasteiger partial charge on any atom is -0.494 e. The van der Waals surface area contributed by atoms with Crippen LogP contribution in [0.15, 0.2) is 18.2 Å². The summed E-state index contributed by atoms with van der Waals surface area (Å²) in [5.74, 6) is 7.64. The summed E-state index contributed by atoms with van der Waals surface area (Å²) in [6.45, 7) is 3.56. The van der Waals surface area contributed by atoms with Gasteiger partial charge in [0.1, 0.15) is 5.75 Å². The third kappa shape index (κ3) is 6.52. The summed E-state index contributed by atoms with van der Waals surface area (Å²) in [7, 11) is 1.72. The molecule has 1 aromatic rings. The number of methoxy groups -OCH3 is 1. The number of halogens is 1. The minimum atomic E-state index is 0.578. The van der Waals surface area contributed by atoms with Crippen molar-refractivity contribution in [1.29, 1.82) is 0 Å².